The van der Waals surface area contributed by atoms with Crippen LogP contribution in [-0.2, 0) is 6.54 Å². The van der Waals surface area contributed by atoms with Crippen LogP contribution in [0.1, 0.15) is 46.2 Å². The Labute approximate surface area is 145 Å². The lowest BCUT2D eigenvalue weighted by Gasteiger charge is -2.21. The second-order valence-electron chi connectivity index (χ2n) is 6.49. The van der Waals surface area contributed by atoms with E-state index in [0.717, 1.165) is 54.0 Å². The highest BCUT2D eigenvalue weighted by Crippen LogP contribution is 2.26. The number of hydrogen-bond donors (Lipinski definition) is 3. The Kier molecular flexibility index (Phi) is 4.23. The first-order valence-electron chi connectivity index (χ1n) is 8.59. The number of imidazole rings is 1. The summed E-state index contributed by atoms with van der Waals surface area (Å²) < 4.78 is 5.09. The van der Waals surface area contributed by atoms with Crippen LogP contribution in [0.4, 0.5) is 0 Å². The summed E-state index contributed by atoms with van der Waals surface area (Å²) in [6, 6.07) is 5.95. The zero-order chi connectivity index (χ0) is 17.2. The van der Waals surface area contributed by atoms with Gasteiger partial charge in [0.15, 0.2) is 0 Å². The Morgan fingerprint density at radius 3 is 3.04 bits per heavy atom. The van der Waals surface area contributed by atoms with Crippen LogP contribution in [0.2, 0.25) is 0 Å². The quantitative estimate of drug-likeness (QED) is 0.677. The van der Waals surface area contributed by atoms with Crippen LogP contribution in [0.25, 0.3) is 11.0 Å². The Hall–Kier alpha value is -2.67. The van der Waals surface area contributed by atoms with E-state index in [1.165, 1.54) is 6.26 Å². The van der Waals surface area contributed by atoms with E-state index >= 15 is 0 Å². The van der Waals surface area contributed by atoms with Gasteiger partial charge in [0.2, 0.25) is 0 Å². The fourth-order valence-corrected chi connectivity index (χ4v) is 3.38. The maximum atomic E-state index is 12.6. The molecule has 3 heterocycles. The molecule has 7 nitrogen and oxygen atoms in total. The SMILES string of the molecule is Cc1nc2ccc(CNC(=O)c3conc3C3CCNCC3)cc2[nH]1. The minimum Gasteiger partial charge on any atom is -0.364 e. The Bertz CT molecular complexity index is 892. The average molecular weight is 339 g/mol. The molecule has 3 aromatic rings. The molecule has 0 atom stereocenters. The van der Waals surface area contributed by atoms with Crippen molar-refractivity contribution in [1.82, 2.24) is 25.8 Å². The highest BCUT2D eigenvalue weighted by molar-refractivity contribution is 5.95. The Balaban J connectivity index is 1.45. The predicted molar refractivity (Wildman–Crippen MR) is 93.3 cm³/mol. The Morgan fingerprint density at radius 1 is 1.36 bits per heavy atom. The third-order valence-electron chi connectivity index (χ3n) is 4.69. The van der Waals surface area contributed by atoms with Crippen molar-refractivity contribution in [2.75, 3.05) is 13.1 Å². The first-order chi connectivity index (χ1) is 12.2. The van der Waals surface area contributed by atoms with Crippen molar-refractivity contribution in [3.63, 3.8) is 0 Å². The van der Waals surface area contributed by atoms with Crippen LogP contribution in [-0.4, -0.2) is 34.1 Å². The lowest BCUT2D eigenvalue weighted by atomic mass is 9.92. The Morgan fingerprint density at radius 2 is 2.20 bits per heavy atom. The van der Waals surface area contributed by atoms with Gasteiger partial charge in [-0.05, 0) is 50.6 Å². The number of nitrogens with zero attached hydrogens (tertiary/aromatic N) is 2. The van der Waals surface area contributed by atoms with Gasteiger partial charge in [0.05, 0.1) is 16.7 Å². The highest BCUT2D eigenvalue weighted by Gasteiger charge is 2.25. The molecule has 4 rings (SSSR count). The molecule has 130 valence electrons. The number of carbonyl (C=O) groups is 1. The number of carbonyl (C=O) groups excluding carboxylic acids is 1. The molecule has 0 radical (unpaired) electrons. The van der Waals surface area contributed by atoms with Gasteiger partial charge in [-0.2, -0.15) is 0 Å². The molecule has 2 aromatic heterocycles. The molecule has 1 aliphatic rings. The van der Waals surface area contributed by atoms with E-state index in [9.17, 15) is 4.79 Å². The number of aromatic nitrogens is 3. The zero-order valence-corrected chi connectivity index (χ0v) is 14.1. The maximum absolute atomic E-state index is 12.6. The van der Waals surface area contributed by atoms with Gasteiger partial charge in [0.1, 0.15) is 17.7 Å². The summed E-state index contributed by atoms with van der Waals surface area (Å²) in [6.07, 6.45) is 3.40. The van der Waals surface area contributed by atoms with E-state index in [-0.39, 0.29) is 11.8 Å². The number of H-pyrrole nitrogens is 1. The number of fused-ring (bicyclic) bond motifs is 1. The molecular weight excluding hydrogens is 318 g/mol. The second-order valence-corrected chi connectivity index (χ2v) is 6.49. The van der Waals surface area contributed by atoms with Gasteiger partial charge >= 0.3 is 0 Å². The summed E-state index contributed by atoms with van der Waals surface area (Å²) in [4.78, 5) is 20.2. The zero-order valence-electron chi connectivity index (χ0n) is 14.1. The predicted octanol–water partition coefficient (Wildman–Crippen LogP) is 2.26. The number of rotatable bonds is 4. The van der Waals surface area contributed by atoms with Crippen LogP contribution in [0.15, 0.2) is 29.0 Å². The van der Waals surface area contributed by atoms with Crippen molar-refractivity contribution in [3.05, 3.63) is 47.1 Å². The maximum Gasteiger partial charge on any atom is 0.256 e. The molecule has 1 aliphatic heterocycles. The molecule has 0 unspecified atom stereocenters. The molecule has 7 heteroatoms. The molecule has 0 aliphatic carbocycles. The topological polar surface area (TPSA) is 95.8 Å². The second kappa shape index (κ2) is 6.68. The normalized spacial score (nSPS) is 15.6. The lowest BCUT2D eigenvalue weighted by Crippen LogP contribution is -2.29. The van der Waals surface area contributed by atoms with Crippen LogP contribution >= 0.6 is 0 Å². The van der Waals surface area contributed by atoms with Crippen molar-refractivity contribution in [2.24, 2.45) is 0 Å². The van der Waals surface area contributed by atoms with Crippen molar-refractivity contribution >= 4 is 16.9 Å². The molecule has 0 bridgehead atoms. The molecule has 1 amide bonds. The van der Waals surface area contributed by atoms with E-state index in [1.807, 2.05) is 25.1 Å². The number of benzene rings is 1. The van der Waals surface area contributed by atoms with Gasteiger partial charge in [-0.1, -0.05) is 11.2 Å². The number of amides is 1. The smallest absolute Gasteiger partial charge is 0.256 e. The van der Waals surface area contributed by atoms with Gasteiger partial charge in [-0.3, -0.25) is 4.79 Å². The molecule has 1 aromatic carbocycles. The summed E-state index contributed by atoms with van der Waals surface area (Å²) in [5, 5.41) is 10.4. The summed E-state index contributed by atoms with van der Waals surface area (Å²) in [5.74, 6) is 1.02. The van der Waals surface area contributed by atoms with E-state index in [1.54, 1.807) is 0 Å². The highest BCUT2D eigenvalue weighted by atomic mass is 16.5. The van der Waals surface area contributed by atoms with Crippen LogP contribution in [0, 0.1) is 6.92 Å². The van der Waals surface area contributed by atoms with Crippen LogP contribution < -0.4 is 10.6 Å². The van der Waals surface area contributed by atoms with E-state index in [0.29, 0.717) is 12.1 Å². The number of hydrogen-bond acceptors (Lipinski definition) is 5. The first kappa shape index (κ1) is 15.8. The van der Waals surface area contributed by atoms with Crippen LogP contribution in [0.5, 0.6) is 0 Å². The van der Waals surface area contributed by atoms with Gasteiger partial charge in [0, 0.05) is 12.5 Å². The number of aromatic amines is 1. The molecule has 25 heavy (non-hydrogen) atoms. The average Bonchev–Trinajstić information content (AvgIpc) is 3.25. The molecule has 0 spiro atoms. The summed E-state index contributed by atoms with van der Waals surface area (Å²) in [7, 11) is 0. The summed E-state index contributed by atoms with van der Waals surface area (Å²) in [5.41, 5.74) is 4.25. The van der Waals surface area contributed by atoms with Gasteiger partial charge in [0.25, 0.3) is 5.91 Å². The fourth-order valence-electron chi connectivity index (χ4n) is 3.38. The molecule has 1 fully saturated rings. The fraction of sp³-hybridized carbons (Fsp3) is 0.389. The van der Waals surface area contributed by atoms with E-state index < -0.39 is 0 Å². The van der Waals surface area contributed by atoms with Crippen LogP contribution in [0.3, 0.4) is 0 Å². The molecule has 1 saturated heterocycles. The van der Waals surface area contributed by atoms with Gasteiger partial charge < -0.3 is 20.1 Å². The van der Waals surface area contributed by atoms with Crippen molar-refractivity contribution in [1.29, 1.82) is 0 Å². The first-order valence-corrected chi connectivity index (χ1v) is 8.59. The largest absolute Gasteiger partial charge is 0.364 e. The van der Waals surface area contributed by atoms with E-state index in [2.05, 4.69) is 25.8 Å². The molecule has 0 saturated carbocycles. The third-order valence-corrected chi connectivity index (χ3v) is 4.69. The summed E-state index contributed by atoms with van der Waals surface area (Å²) >= 11 is 0. The molecular formula is C18H21N5O2. The number of nitrogens with one attached hydrogen (secondary N) is 3. The lowest BCUT2D eigenvalue weighted by molar-refractivity contribution is 0.0948. The minimum atomic E-state index is -0.143. The van der Waals surface area contributed by atoms with Gasteiger partial charge in [-0.25, -0.2) is 4.98 Å². The minimum absolute atomic E-state index is 0.143. The van der Waals surface area contributed by atoms with Crippen molar-refractivity contribution < 1.29 is 9.32 Å². The van der Waals surface area contributed by atoms with Crippen molar-refractivity contribution in [2.45, 2.75) is 32.2 Å². The number of aryl methyl sites for hydroxylation is 1. The van der Waals surface area contributed by atoms with Crippen molar-refractivity contribution in [3.8, 4) is 0 Å². The monoisotopic (exact) mass is 339 g/mol. The third kappa shape index (κ3) is 3.28. The summed E-state index contributed by atoms with van der Waals surface area (Å²) in [6.45, 7) is 4.27. The molecule has 3 N–H and O–H groups in total. The standard InChI is InChI=1S/C18H21N5O2/c1-11-21-15-3-2-12(8-16(15)22-11)9-20-18(24)14-10-25-23-17(14)13-4-6-19-7-5-13/h2-3,8,10,13,19H,4-7,9H2,1H3,(H,20,24)(H,21,22). The van der Waals surface area contributed by atoms with E-state index in [4.69, 9.17) is 4.52 Å². The number of piperidine rings is 1. The van der Waals surface area contributed by atoms with Gasteiger partial charge in [-0.15, -0.1) is 0 Å².